The van der Waals surface area contributed by atoms with Crippen LogP contribution in [0.25, 0.3) is 10.4 Å². The maximum absolute atomic E-state index is 13.3. The number of nitrogens with one attached hydrogen (secondary N) is 2. The Labute approximate surface area is 198 Å². The lowest BCUT2D eigenvalue weighted by atomic mass is 10.1. The number of hydrogen-bond donors (Lipinski definition) is 3. The van der Waals surface area contributed by atoms with Crippen molar-refractivity contribution in [2.24, 2.45) is 0 Å². The molecule has 2 aromatic rings. The monoisotopic (exact) mass is 542 g/mol. The van der Waals surface area contributed by atoms with Crippen molar-refractivity contribution in [2.45, 2.75) is 23.4 Å². The fourth-order valence-electron chi connectivity index (χ4n) is 3.36. The number of alkyl halides is 3. The Kier molecular flexibility index (Phi) is 7.71. The maximum atomic E-state index is 13.3. The van der Waals surface area contributed by atoms with E-state index in [4.69, 9.17) is 5.21 Å². The SMILES string of the molecule is CCNS(=O)(=O)N1CCN(S(=O)(=O)c2ccc(-c3ccc(C(F)(F)F)cc3)s2)[C@@H](C(=O)NO)C1. The topological polar surface area (TPSA) is 136 Å². The lowest BCUT2D eigenvalue weighted by Gasteiger charge is -2.38. The van der Waals surface area contributed by atoms with Gasteiger partial charge in [0.1, 0.15) is 10.3 Å². The molecule has 0 saturated carbocycles. The Bertz CT molecular complexity index is 1250. The van der Waals surface area contributed by atoms with Crippen molar-refractivity contribution in [2.75, 3.05) is 26.2 Å². The zero-order valence-electron chi connectivity index (χ0n) is 17.6. The van der Waals surface area contributed by atoms with E-state index in [1.165, 1.54) is 29.7 Å². The zero-order valence-corrected chi connectivity index (χ0v) is 20.1. The number of carbonyl (C=O) groups is 1. The Balaban J connectivity index is 1.89. The summed E-state index contributed by atoms with van der Waals surface area (Å²) in [4.78, 5) is 12.6. The summed E-state index contributed by atoms with van der Waals surface area (Å²) in [5.74, 6) is -1.11. The summed E-state index contributed by atoms with van der Waals surface area (Å²) in [6.07, 6.45) is -4.51. The molecule has 0 spiro atoms. The molecule has 1 atom stereocenters. The number of carbonyl (C=O) groups excluding carboxylic acids is 1. The van der Waals surface area contributed by atoms with Crippen molar-refractivity contribution in [3.8, 4) is 10.4 Å². The third kappa shape index (κ3) is 5.42. The normalized spacial score (nSPS) is 18.7. The van der Waals surface area contributed by atoms with Crippen LogP contribution in [0.5, 0.6) is 0 Å². The van der Waals surface area contributed by atoms with Crippen LogP contribution in [-0.2, 0) is 31.2 Å². The van der Waals surface area contributed by atoms with Gasteiger partial charge < -0.3 is 0 Å². The zero-order chi connectivity index (χ0) is 25.3. The van der Waals surface area contributed by atoms with Crippen molar-refractivity contribution in [1.29, 1.82) is 0 Å². The van der Waals surface area contributed by atoms with Gasteiger partial charge in [-0.2, -0.15) is 30.2 Å². The van der Waals surface area contributed by atoms with E-state index in [9.17, 15) is 34.8 Å². The van der Waals surface area contributed by atoms with E-state index in [1.807, 2.05) is 0 Å². The molecule has 1 fully saturated rings. The smallest absolute Gasteiger partial charge is 0.289 e. The van der Waals surface area contributed by atoms with Gasteiger partial charge in [-0.05, 0) is 29.8 Å². The first-order valence-electron chi connectivity index (χ1n) is 9.79. The van der Waals surface area contributed by atoms with Gasteiger partial charge in [0, 0.05) is 31.1 Å². The minimum absolute atomic E-state index is 0.0830. The Hall–Kier alpha value is -2.08. The molecule has 1 aliphatic heterocycles. The summed E-state index contributed by atoms with van der Waals surface area (Å²) in [6, 6.07) is 5.34. The fourth-order valence-corrected chi connectivity index (χ4v) is 7.58. The largest absolute Gasteiger partial charge is 0.416 e. The summed E-state index contributed by atoms with van der Waals surface area (Å²) in [5.41, 5.74) is 0.888. The molecular weight excluding hydrogens is 521 g/mol. The number of hydroxylamine groups is 1. The van der Waals surface area contributed by atoms with Crippen LogP contribution >= 0.6 is 11.3 Å². The van der Waals surface area contributed by atoms with Crippen LogP contribution in [0.15, 0.2) is 40.6 Å². The predicted octanol–water partition coefficient (Wildman–Crippen LogP) is 1.47. The van der Waals surface area contributed by atoms with E-state index < -0.39 is 50.5 Å². The minimum atomic E-state index is -4.51. The molecule has 3 rings (SSSR count). The Morgan fingerprint density at radius 1 is 1.12 bits per heavy atom. The molecule has 1 aromatic heterocycles. The Morgan fingerprint density at radius 3 is 2.32 bits per heavy atom. The fraction of sp³-hybridized carbons (Fsp3) is 0.389. The van der Waals surface area contributed by atoms with Gasteiger partial charge in [0.15, 0.2) is 0 Å². The maximum Gasteiger partial charge on any atom is 0.416 e. The number of amides is 1. The second-order valence-corrected chi connectivity index (χ2v) is 12.1. The lowest BCUT2D eigenvalue weighted by molar-refractivity contribution is -0.137. The molecule has 2 heterocycles. The van der Waals surface area contributed by atoms with Gasteiger partial charge in [0.2, 0.25) is 0 Å². The number of nitrogens with zero attached hydrogens (tertiary/aromatic N) is 2. The van der Waals surface area contributed by atoms with Gasteiger partial charge in [-0.25, -0.2) is 18.6 Å². The molecule has 0 aliphatic carbocycles. The average molecular weight is 543 g/mol. The molecular formula is C18H21F3N4O6S3. The van der Waals surface area contributed by atoms with Crippen molar-refractivity contribution >= 4 is 37.5 Å². The van der Waals surface area contributed by atoms with Gasteiger partial charge in [-0.3, -0.25) is 10.0 Å². The summed E-state index contributed by atoms with van der Waals surface area (Å²) >= 11 is 0.786. The summed E-state index contributed by atoms with van der Waals surface area (Å²) in [5, 5.41) is 9.08. The average Bonchev–Trinajstić information content (AvgIpc) is 3.29. The highest BCUT2D eigenvalue weighted by Gasteiger charge is 2.43. The quantitative estimate of drug-likeness (QED) is 0.358. The number of thiophene rings is 1. The molecule has 0 bridgehead atoms. The van der Waals surface area contributed by atoms with E-state index in [2.05, 4.69) is 4.72 Å². The molecule has 188 valence electrons. The lowest BCUT2D eigenvalue weighted by Crippen LogP contribution is -2.62. The van der Waals surface area contributed by atoms with Gasteiger partial charge in [-0.15, -0.1) is 11.3 Å². The van der Waals surface area contributed by atoms with Crippen LogP contribution in [0.2, 0.25) is 0 Å². The van der Waals surface area contributed by atoms with Gasteiger partial charge in [0.05, 0.1) is 5.56 Å². The van der Waals surface area contributed by atoms with E-state index >= 15 is 0 Å². The first-order chi connectivity index (χ1) is 15.8. The molecule has 1 aromatic carbocycles. The van der Waals surface area contributed by atoms with Crippen molar-refractivity contribution in [3.05, 3.63) is 42.0 Å². The molecule has 10 nitrogen and oxygen atoms in total. The highest BCUT2D eigenvalue weighted by molar-refractivity contribution is 7.91. The van der Waals surface area contributed by atoms with Crippen molar-refractivity contribution in [3.63, 3.8) is 0 Å². The third-order valence-corrected chi connectivity index (χ3v) is 10.2. The first-order valence-corrected chi connectivity index (χ1v) is 13.5. The highest BCUT2D eigenvalue weighted by Crippen LogP contribution is 2.36. The molecule has 0 unspecified atom stereocenters. The second kappa shape index (κ2) is 9.88. The molecule has 16 heteroatoms. The van der Waals surface area contributed by atoms with Gasteiger partial charge in [0.25, 0.3) is 26.1 Å². The van der Waals surface area contributed by atoms with E-state index in [0.717, 1.165) is 32.1 Å². The standard InChI is InChI=1S/C18H21F3N4O6S3/c1-2-22-34(30,31)24-9-10-25(14(11-24)17(26)23-27)33(28,29)16-8-7-15(32-16)12-3-5-13(6-4-12)18(19,20)21/h3-8,14,22,27H,2,9-11H2,1H3,(H,23,26)/t14-/m1/s1. The first kappa shape index (κ1) is 26.5. The summed E-state index contributed by atoms with van der Waals surface area (Å²) < 4.78 is 93.3. The second-order valence-electron chi connectivity index (χ2n) is 7.16. The predicted molar refractivity (Wildman–Crippen MR) is 117 cm³/mol. The van der Waals surface area contributed by atoms with E-state index in [0.29, 0.717) is 10.4 Å². The van der Waals surface area contributed by atoms with Gasteiger partial charge >= 0.3 is 6.18 Å². The van der Waals surface area contributed by atoms with Crippen LogP contribution in [0, 0.1) is 0 Å². The number of benzene rings is 1. The number of halogens is 3. The minimum Gasteiger partial charge on any atom is -0.289 e. The van der Waals surface area contributed by atoms with Crippen molar-refractivity contribution in [1.82, 2.24) is 18.8 Å². The molecule has 1 amide bonds. The molecule has 0 radical (unpaired) electrons. The van der Waals surface area contributed by atoms with Crippen LogP contribution in [0.3, 0.4) is 0 Å². The van der Waals surface area contributed by atoms with Crippen LogP contribution < -0.4 is 10.2 Å². The van der Waals surface area contributed by atoms with Crippen LogP contribution in [0.1, 0.15) is 12.5 Å². The van der Waals surface area contributed by atoms with E-state index in [-0.39, 0.29) is 23.8 Å². The summed E-state index contributed by atoms with van der Waals surface area (Å²) in [6.45, 7) is 0.512. The van der Waals surface area contributed by atoms with Crippen LogP contribution in [-0.4, -0.2) is 68.8 Å². The number of sulfonamides is 1. The molecule has 1 saturated heterocycles. The Morgan fingerprint density at radius 2 is 1.76 bits per heavy atom. The number of piperazine rings is 1. The highest BCUT2D eigenvalue weighted by atomic mass is 32.2. The summed E-state index contributed by atoms with van der Waals surface area (Å²) in [7, 11) is -8.27. The van der Waals surface area contributed by atoms with Crippen LogP contribution in [0.4, 0.5) is 13.2 Å². The van der Waals surface area contributed by atoms with E-state index in [1.54, 1.807) is 6.92 Å². The van der Waals surface area contributed by atoms with Gasteiger partial charge in [-0.1, -0.05) is 19.1 Å². The number of hydrogen-bond acceptors (Lipinski definition) is 7. The number of rotatable bonds is 7. The third-order valence-electron chi connectivity index (χ3n) is 5.01. The molecule has 3 N–H and O–H groups in total. The molecule has 1 aliphatic rings. The van der Waals surface area contributed by atoms with Crippen molar-refractivity contribution < 1.29 is 40.0 Å². The molecule has 34 heavy (non-hydrogen) atoms.